The molecule has 0 unspecified atom stereocenters. The van der Waals surface area contributed by atoms with Crippen LogP contribution in [-0.2, 0) is 11.3 Å². The summed E-state index contributed by atoms with van der Waals surface area (Å²) in [6.07, 6.45) is 1.46. The zero-order valence-electron chi connectivity index (χ0n) is 14.4. The minimum atomic E-state index is -0.427. The van der Waals surface area contributed by atoms with E-state index in [1.54, 1.807) is 18.2 Å². The van der Waals surface area contributed by atoms with Crippen molar-refractivity contribution >= 4 is 34.8 Å². The molecule has 0 fully saturated rings. The lowest BCUT2D eigenvalue weighted by Gasteiger charge is -2.10. The van der Waals surface area contributed by atoms with E-state index in [2.05, 4.69) is 15.5 Å². The van der Waals surface area contributed by atoms with Crippen molar-refractivity contribution in [3.63, 3.8) is 0 Å². The van der Waals surface area contributed by atoms with E-state index in [1.807, 2.05) is 32.0 Å². The number of rotatable bonds is 4. The molecule has 2 aromatic heterocycles. The summed E-state index contributed by atoms with van der Waals surface area (Å²) in [6, 6.07) is 12.2. The second kappa shape index (κ2) is 7.49. The highest BCUT2D eigenvalue weighted by Gasteiger charge is 2.10. The van der Waals surface area contributed by atoms with Crippen LogP contribution in [-0.4, -0.2) is 21.7 Å². The third-order valence-corrected chi connectivity index (χ3v) is 4.23. The maximum absolute atomic E-state index is 12.2. The van der Waals surface area contributed by atoms with Gasteiger partial charge in [0, 0.05) is 27.7 Å². The number of hydrogen-bond donors (Lipinski definition) is 1. The standard InChI is InChI=1S/C19H17ClN4O2/c1-12-9-13(2)22-19-15(12)7-8-18(26)24(19)11-17(25)23-21-10-14-5-3-4-6-16(14)20/h3-10H,11H2,1-2H3,(H,23,25)/b21-10+. The van der Waals surface area contributed by atoms with Gasteiger partial charge >= 0.3 is 0 Å². The molecular weight excluding hydrogens is 352 g/mol. The molecule has 0 atom stereocenters. The van der Waals surface area contributed by atoms with Crippen LogP contribution in [0.5, 0.6) is 0 Å². The van der Waals surface area contributed by atoms with Gasteiger partial charge in [-0.2, -0.15) is 5.10 Å². The molecule has 0 spiro atoms. The van der Waals surface area contributed by atoms with Gasteiger partial charge in [0.2, 0.25) is 0 Å². The molecule has 0 saturated heterocycles. The lowest BCUT2D eigenvalue weighted by molar-refractivity contribution is -0.121. The predicted molar refractivity (Wildman–Crippen MR) is 103 cm³/mol. The van der Waals surface area contributed by atoms with Crippen molar-refractivity contribution in [1.82, 2.24) is 15.0 Å². The van der Waals surface area contributed by atoms with Crippen LogP contribution in [0.1, 0.15) is 16.8 Å². The van der Waals surface area contributed by atoms with Gasteiger partial charge in [0.05, 0.1) is 6.21 Å². The van der Waals surface area contributed by atoms with E-state index < -0.39 is 5.91 Å². The minimum Gasteiger partial charge on any atom is -0.283 e. The average Bonchev–Trinajstić information content (AvgIpc) is 2.59. The number of carbonyl (C=O) groups excluding carboxylic acids is 1. The normalized spacial score (nSPS) is 11.2. The number of aryl methyl sites for hydroxylation is 2. The van der Waals surface area contributed by atoms with Gasteiger partial charge in [0.1, 0.15) is 12.2 Å². The molecule has 132 valence electrons. The average molecular weight is 369 g/mol. The van der Waals surface area contributed by atoms with E-state index in [1.165, 1.54) is 16.8 Å². The summed E-state index contributed by atoms with van der Waals surface area (Å²) < 4.78 is 1.34. The van der Waals surface area contributed by atoms with Crippen LogP contribution in [0.15, 0.2) is 52.4 Å². The molecule has 26 heavy (non-hydrogen) atoms. The van der Waals surface area contributed by atoms with Crippen LogP contribution in [0.2, 0.25) is 5.02 Å². The lowest BCUT2D eigenvalue weighted by atomic mass is 10.1. The van der Waals surface area contributed by atoms with Gasteiger partial charge in [0.25, 0.3) is 11.5 Å². The summed E-state index contributed by atoms with van der Waals surface area (Å²) >= 11 is 6.03. The Bertz CT molecular complexity index is 1070. The maximum Gasteiger partial charge on any atom is 0.260 e. The summed E-state index contributed by atoms with van der Waals surface area (Å²) in [4.78, 5) is 28.8. The Kier molecular flexibility index (Phi) is 5.14. The first-order valence-corrected chi connectivity index (χ1v) is 8.38. The van der Waals surface area contributed by atoms with Crippen molar-refractivity contribution in [2.75, 3.05) is 0 Å². The van der Waals surface area contributed by atoms with Gasteiger partial charge in [0.15, 0.2) is 0 Å². The van der Waals surface area contributed by atoms with Crippen LogP contribution in [0, 0.1) is 13.8 Å². The maximum atomic E-state index is 12.2. The number of aromatic nitrogens is 2. The second-order valence-electron chi connectivity index (χ2n) is 5.89. The zero-order valence-corrected chi connectivity index (χ0v) is 15.1. The van der Waals surface area contributed by atoms with Crippen molar-refractivity contribution in [3.8, 4) is 0 Å². The Morgan fingerprint density at radius 1 is 1.27 bits per heavy atom. The minimum absolute atomic E-state index is 0.175. The van der Waals surface area contributed by atoms with Gasteiger partial charge in [-0.05, 0) is 37.6 Å². The lowest BCUT2D eigenvalue weighted by Crippen LogP contribution is -2.30. The number of carbonyl (C=O) groups is 1. The van der Waals surface area contributed by atoms with E-state index in [0.717, 1.165) is 16.6 Å². The number of hydrazone groups is 1. The Morgan fingerprint density at radius 2 is 2.04 bits per heavy atom. The van der Waals surface area contributed by atoms with Gasteiger partial charge in [-0.15, -0.1) is 0 Å². The van der Waals surface area contributed by atoms with Crippen molar-refractivity contribution in [2.45, 2.75) is 20.4 Å². The molecule has 6 nitrogen and oxygen atoms in total. The number of hydrogen-bond acceptors (Lipinski definition) is 4. The third kappa shape index (κ3) is 3.81. The smallest absolute Gasteiger partial charge is 0.260 e. The van der Waals surface area contributed by atoms with E-state index in [4.69, 9.17) is 11.6 Å². The molecule has 0 bridgehead atoms. The van der Waals surface area contributed by atoms with Crippen LogP contribution >= 0.6 is 11.6 Å². The summed E-state index contributed by atoms with van der Waals surface area (Å²) in [7, 11) is 0. The van der Waals surface area contributed by atoms with Gasteiger partial charge in [-0.3, -0.25) is 14.2 Å². The molecule has 1 N–H and O–H groups in total. The van der Waals surface area contributed by atoms with Crippen LogP contribution in [0.3, 0.4) is 0 Å². The van der Waals surface area contributed by atoms with Crippen molar-refractivity contribution in [1.29, 1.82) is 0 Å². The third-order valence-electron chi connectivity index (χ3n) is 3.89. The highest BCUT2D eigenvalue weighted by molar-refractivity contribution is 6.33. The molecule has 0 radical (unpaired) electrons. The molecule has 7 heteroatoms. The molecular formula is C19H17ClN4O2. The summed E-state index contributed by atoms with van der Waals surface area (Å²) in [5, 5.41) is 5.27. The topological polar surface area (TPSA) is 76.3 Å². The summed E-state index contributed by atoms with van der Waals surface area (Å²) in [5.74, 6) is -0.427. The Morgan fingerprint density at radius 3 is 2.81 bits per heavy atom. The monoisotopic (exact) mass is 368 g/mol. The SMILES string of the molecule is Cc1cc(C)c2ccc(=O)n(CC(=O)N/N=C/c3ccccc3Cl)c2n1. The highest BCUT2D eigenvalue weighted by atomic mass is 35.5. The molecule has 2 heterocycles. The number of nitrogens with zero attached hydrogens (tertiary/aromatic N) is 3. The zero-order chi connectivity index (χ0) is 18.7. The van der Waals surface area contributed by atoms with E-state index in [9.17, 15) is 9.59 Å². The molecule has 0 aliphatic carbocycles. The number of pyridine rings is 2. The van der Waals surface area contributed by atoms with Crippen molar-refractivity contribution in [3.05, 3.63) is 74.7 Å². The van der Waals surface area contributed by atoms with E-state index >= 15 is 0 Å². The van der Waals surface area contributed by atoms with Gasteiger partial charge in [-0.1, -0.05) is 29.8 Å². The number of fused-ring (bicyclic) bond motifs is 1. The molecule has 0 aliphatic heterocycles. The molecule has 3 rings (SSSR count). The van der Waals surface area contributed by atoms with Gasteiger partial charge < -0.3 is 0 Å². The Balaban J connectivity index is 1.83. The van der Waals surface area contributed by atoms with E-state index in [0.29, 0.717) is 16.2 Å². The molecule has 3 aromatic rings. The number of nitrogens with one attached hydrogen (secondary N) is 1. The largest absolute Gasteiger partial charge is 0.283 e. The molecule has 1 aromatic carbocycles. The van der Waals surface area contributed by atoms with Crippen LogP contribution in [0.25, 0.3) is 11.0 Å². The quantitative estimate of drug-likeness (QED) is 0.568. The first-order valence-electron chi connectivity index (χ1n) is 8.00. The number of halogens is 1. The highest BCUT2D eigenvalue weighted by Crippen LogP contribution is 2.16. The number of amides is 1. The first kappa shape index (κ1) is 17.8. The van der Waals surface area contributed by atoms with Crippen molar-refractivity contribution in [2.24, 2.45) is 5.10 Å². The molecule has 0 saturated carbocycles. The first-order chi connectivity index (χ1) is 12.5. The summed E-state index contributed by atoms with van der Waals surface area (Å²) in [6.45, 7) is 3.62. The Labute approximate surface area is 155 Å². The van der Waals surface area contributed by atoms with Gasteiger partial charge in [-0.25, -0.2) is 10.4 Å². The predicted octanol–water partition coefficient (Wildman–Crippen LogP) is 2.82. The molecule has 0 aliphatic rings. The molecule has 1 amide bonds. The second-order valence-corrected chi connectivity index (χ2v) is 6.30. The van der Waals surface area contributed by atoms with E-state index in [-0.39, 0.29) is 12.1 Å². The fourth-order valence-electron chi connectivity index (χ4n) is 2.67. The summed E-state index contributed by atoms with van der Waals surface area (Å²) in [5.41, 5.74) is 5.07. The van der Waals surface area contributed by atoms with Crippen LogP contribution < -0.4 is 11.0 Å². The Hall–Kier alpha value is -2.99. The van der Waals surface area contributed by atoms with Crippen LogP contribution in [0.4, 0.5) is 0 Å². The number of benzene rings is 1. The van der Waals surface area contributed by atoms with Crippen molar-refractivity contribution < 1.29 is 4.79 Å². The fraction of sp³-hybridized carbons (Fsp3) is 0.158. The fourth-order valence-corrected chi connectivity index (χ4v) is 2.86.